The van der Waals surface area contributed by atoms with Crippen LogP contribution >= 0.6 is 11.3 Å². The molecule has 0 radical (unpaired) electrons. The fourth-order valence-electron chi connectivity index (χ4n) is 2.87. The molecule has 24 heavy (non-hydrogen) atoms. The highest BCUT2D eigenvalue weighted by molar-refractivity contribution is 7.13. The van der Waals surface area contributed by atoms with Gasteiger partial charge in [-0.05, 0) is 32.0 Å². The van der Waals surface area contributed by atoms with Gasteiger partial charge in [-0.2, -0.15) is 10.1 Å². The summed E-state index contributed by atoms with van der Waals surface area (Å²) in [6.07, 6.45) is 1.51. The highest BCUT2D eigenvalue weighted by Gasteiger charge is 2.17. The van der Waals surface area contributed by atoms with Gasteiger partial charge in [-0.15, -0.1) is 11.3 Å². The first-order valence-electron chi connectivity index (χ1n) is 7.50. The van der Waals surface area contributed by atoms with Crippen molar-refractivity contribution in [1.82, 2.24) is 24.7 Å². The van der Waals surface area contributed by atoms with Crippen molar-refractivity contribution in [2.24, 2.45) is 0 Å². The fourth-order valence-corrected chi connectivity index (χ4v) is 3.73. The molecule has 0 bridgehead atoms. The molecule has 6 nitrogen and oxygen atoms in total. The molecule has 3 aromatic heterocycles. The van der Waals surface area contributed by atoms with E-state index in [4.69, 9.17) is 10.7 Å². The van der Waals surface area contributed by atoms with E-state index in [1.165, 1.54) is 6.33 Å². The van der Waals surface area contributed by atoms with E-state index in [0.717, 1.165) is 38.9 Å². The number of benzene rings is 1. The van der Waals surface area contributed by atoms with Crippen LogP contribution in [0.5, 0.6) is 0 Å². The van der Waals surface area contributed by atoms with Crippen LogP contribution < -0.4 is 5.73 Å². The van der Waals surface area contributed by atoms with E-state index < -0.39 is 0 Å². The molecule has 0 aliphatic carbocycles. The number of hydrogen-bond acceptors (Lipinski definition) is 5. The number of nitrogens with zero attached hydrogens (tertiary/aromatic N) is 4. The molecule has 4 aromatic rings. The SMILES string of the molecule is Cc1cc(-c2csc(-c3ccccc3N)n2)c(C)n1-c1ncn[nH]1. The molecule has 3 N–H and O–H groups in total. The standard InChI is InChI=1S/C17H16N6S/c1-10-7-13(11(2)23(10)17-19-9-20-22-17)15-8-24-16(21-15)12-5-3-4-6-14(12)18/h3-9H,18H2,1-2H3,(H,19,20,22). The Morgan fingerprint density at radius 2 is 2.00 bits per heavy atom. The minimum absolute atomic E-state index is 0.707. The molecule has 120 valence electrons. The third-order valence-electron chi connectivity index (χ3n) is 4.02. The lowest BCUT2D eigenvalue weighted by Gasteiger charge is -2.04. The van der Waals surface area contributed by atoms with Gasteiger partial charge in [0.1, 0.15) is 11.3 Å². The van der Waals surface area contributed by atoms with Gasteiger partial charge in [0.05, 0.1) is 5.69 Å². The second-order valence-electron chi connectivity index (χ2n) is 5.55. The van der Waals surface area contributed by atoms with E-state index in [2.05, 4.69) is 33.6 Å². The Bertz CT molecular complexity index is 996. The van der Waals surface area contributed by atoms with Crippen molar-refractivity contribution >= 4 is 17.0 Å². The average Bonchev–Trinajstić information content (AvgIpc) is 3.28. The maximum Gasteiger partial charge on any atom is 0.229 e. The monoisotopic (exact) mass is 336 g/mol. The summed E-state index contributed by atoms with van der Waals surface area (Å²) in [6, 6.07) is 9.91. The number of rotatable bonds is 3. The summed E-state index contributed by atoms with van der Waals surface area (Å²) < 4.78 is 2.04. The summed E-state index contributed by atoms with van der Waals surface area (Å²) in [7, 11) is 0. The van der Waals surface area contributed by atoms with E-state index >= 15 is 0 Å². The molecule has 0 spiro atoms. The number of nitrogen functional groups attached to an aromatic ring is 1. The molecule has 0 saturated heterocycles. The Labute approximate surface area is 143 Å². The zero-order valence-electron chi connectivity index (χ0n) is 13.3. The van der Waals surface area contributed by atoms with Crippen LogP contribution in [0.3, 0.4) is 0 Å². The van der Waals surface area contributed by atoms with Crippen LogP contribution in [0.15, 0.2) is 42.0 Å². The van der Waals surface area contributed by atoms with Crippen LogP contribution in [0.25, 0.3) is 27.8 Å². The van der Waals surface area contributed by atoms with Crippen LogP contribution in [-0.4, -0.2) is 24.7 Å². The number of nitrogens with two attached hydrogens (primary N) is 1. The lowest BCUT2D eigenvalue weighted by molar-refractivity contribution is 0.879. The maximum absolute atomic E-state index is 6.07. The van der Waals surface area contributed by atoms with Gasteiger partial charge in [0.25, 0.3) is 0 Å². The summed E-state index contributed by atoms with van der Waals surface area (Å²) >= 11 is 1.60. The summed E-state index contributed by atoms with van der Waals surface area (Å²) in [6.45, 7) is 4.10. The number of aromatic nitrogens is 5. The zero-order valence-corrected chi connectivity index (χ0v) is 14.1. The first-order valence-corrected chi connectivity index (χ1v) is 8.38. The van der Waals surface area contributed by atoms with Crippen LogP contribution in [0.1, 0.15) is 11.4 Å². The largest absolute Gasteiger partial charge is 0.398 e. The van der Waals surface area contributed by atoms with Gasteiger partial charge in [0.15, 0.2) is 0 Å². The summed E-state index contributed by atoms with van der Waals surface area (Å²) in [5.41, 5.74) is 12.0. The number of H-pyrrole nitrogens is 1. The van der Waals surface area contributed by atoms with E-state index in [1.807, 2.05) is 35.8 Å². The number of nitrogens with one attached hydrogen (secondary N) is 1. The van der Waals surface area contributed by atoms with Crippen molar-refractivity contribution < 1.29 is 0 Å². The third kappa shape index (κ3) is 2.30. The van der Waals surface area contributed by atoms with E-state index in [1.54, 1.807) is 11.3 Å². The Kier molecular flexibility index (Phi) is 3.42. The summed E-state index contributed by atoms with van der Waals surface area (Å²) in [5, 5.41) is 9.83. The first-order chi connectivity index (χ1) is 11.6. The number of aryl methyl sites for hydroxylation is 1. The van der Waals surface area contributed by atoms with Gasteiger partial charge < -0.3 is 5.73 Å². The van der Waals surface area contributed by atoms with E-state index in [0.29, 0.717) is 5.95 Å². The minimum Gasteiger partial charge on any atom is -0.398 e. The minimum atomic E-state index is 0.707. The van der Waals surface area contributed by atoms with Crippen molar-refractivity contribution in [3.8, 4) is 27.8 Å². The van der Waals surface area contributed by atoms with Crippen LogP contribution in [-0.2, 0) is 0 Å². The summed E-state index contributed by atoms with van der Waals surface area (Å²) in [5.74, 6) is 0.707. The van der Waals surface area contributed by atoms with Gasteiger partial charge in [-0.25, -0.2) is 10.1 Å². The number of anilines is 1. The lowest BCUT2D eigenvalue weighted by Crippen LogP contribution is -2.01. The highest BCUT2D eigenvalue weighted by Crippen LogP contribution is 2.34. The number of thiazole rings is 1. The van der Waals surface area contributed by atoms with Gasteiger partial charge in [0.2, 0.25) is 5.95 Å². The molecule has 0 unspecified atom stereocenters. The van der Waals surface area contributed by atoms with Crippen LogP contribution in [0, 0.1) is 13.8 Å². The zero-order chi connectivity index (χ0) is 16.7. The van der Waals surface area contributed by atoms with Gasteiger partial charge in [0, 0.05) is 33.6 Å². The van der Waals surface area contributed by atoms with Crippen LogP contribution in [0.2, 0.25) is 0 Å². The predicted molar refractivity (Wildman–Crippen MR) is 96.1 cm³/mol. The number of hydrogen-bond donors (Lipinski definition) is 2. The second kappa shape index (κ2) is 5.61. The van der Waals surface area contributed by atoms with Crippen molar-refractivity contribution in [3.05, 3.63) is 53.4 Å². The molecule has 0 fully saturated rings. The topological polar surface area (TPSA) is 85.4 Å². The molecule has 7 heteroatoms. The Hall–Kier alpha value is -2.93. The van der Waals surface area contributed by atoms with Crippen LogP contribution in [0.4, 0.5) is 5.69 Å². The lowest BCUT2D eigenvalue weighted by atomic mass is 10.2. The predicted octanol–water partition coefficient (Wildman–Crippen LogP) is 3.58. The van der Waals surface area contributed by atoms with Crippen molar-refractivity contribution in [1.29, 1.82) is 0 Å². The van der Waals surface area contributed by atoms with E-state index in [9.17, 15) is 0 Å². The molecule has 1 aromatic carbocycles. The molecular weight excluding hydrogens is 320 g/mol. The molecule has 0 atom stereocenters. The third-order valence-corrected chi connectivity index (χ3v) is 4.89. The van der Waals surface area contributed by atoms with Crippen molar-refractivity contribution in [3.63, 3.8) is 0 Å². The van der Waals surface area contributed by atoms with Gasteiger partial charge in [-0.3, -0.25) is 4.57 Å². The Morgan fingerprint density at radius 1 is 1.17 bits per heavy atom. The molecule has 0 aliphatic rings. The molecular formula is C17H16N6S. The Balaban J connectivity index is 1.79. The Morgan fingerprint density at radius 3 is 2.75 bits per heavy atom. The van der Waals surface area contributed by atoms with E-state index in [-0.39, 0.29) is 0 Å². The number of para-hydroxylation sites is 1. The van der Waals surface area contributed by atoms with Crippen molar-refractivity contribution in [2.75, 3.05) is 5.73 Å². The molecule has 0 aliphatic heterocycles. The first kappa shape index (κ1) is 14.6. The number of aromatic amines is 1. The fraction of sp³-hybridized carbons (Fsp3) is 0.118. The molecule has 3 heterocycles. The molecule has 4 rings (SSSR count). The smallest absolute Gasteiger partial charge is 0.229 e. The molecule has 0 amide bonds. The highest BCUT2D eigenvalue weighted by atomic mass is 32.1. The molecule has 0 saturated carbocycles. The van der Waals surface area contributed by atoms with Crippen molar-refractivity contribution in [2.45, 2.75) is 13.8 Å². The van der Waals surface area contributed by atoms with Gasteiger partial charge >= 0.3 is 0 Å². The quantitative estimate of drug-likeness (QED) is 0.560. The maximum atomic E-state index is 6.07. The average molecular weight is 336 g/mol. The second-order valence-corrected chi connectivity index (χ2v) is 6.41. The normalized spacial score (nSPS) is 11.1. The van der Waals surface area contributed by atoms with Gasteiger partial charge in [-0.1, -0.05) is 12.1 Å². The summed E-state index contributed by atoms with van der Waals surface area (Å²) in [4.78, 5) is 9.03.